The second-order valence-corrected chi connectivity index (χ2v) is 4.22. The number of benzene rings is 1. The lowest BCUT2D eigenvalue weighted by atomic mass is 10.0. The van der Waals surface area contributed by atoms with Crippen LogP contribution in [-0.2, 0) is 0 Å². The fourth-order valence-corrected chi connectivity index (χ4v) is 1.65. The van der Waals surface area contributed by atoms with Gasteiger partial charge < -0.3 is 4.74 Å². The van der Waals surface area contributed by atoms with Crippen molar-refractivity contribution >= 4 is 5.78 Å². The monoisotopic (exact) mass is 277 g/mol. The van der Waals surface area contributed by atoms with E-state index >= 15 is 0 Å². The second kappa shape index (κ2) is 6.23. The van der Waals surface area contributed by atoms with E-state index in [0.717, 1.165) is 18.6 Å². The molecule has 0 aliphatic carbocycles. The molecule has 0 fully saturated rings. The first-order chi connectivity index (χ1) is 9.61. The molecule has 0 spiro atoms. The molecule has 0 bridgehead atoms. The lowest BCUT2D eigenvalue weighted by Crippen LogP contribution is -2.04. The first kappa shape index (κ1) is 14.1. The molecule has 1 aromatic carbocycles. The van der Waals surface area contributed by atoms with E-state index in [1.807, 2.05) is 6.92 Å². The van der Waals surface area contributed by atoms with E-state index in [2.05, 4.69) is 4.98 Å². The second-order valence-electron chi connectivity index (χ2n) is 4.22. The Morgan fingerprint density at radius 1 is 1.15 bits per heavy atom. The molecule has 0 saturated heterocycles. The number of hydrogen-bond donors (Lipinski definition) is 0. The van der Waals surface area contributed by atoms with E-state index in [1.165, 1.54) is 24.5 Å². The summed E-state index contributed by atoms with van der Waals surface area (Å²) < 4.78 is 31.4. The number of carbonyl (C=O) groups is 1. The minimum atomic E-state index is -1.05. The molecule has 0 saturated carbocycles. The Hall–Kier alpha value is -2.30. The summed E-state index contributed by atoms with van der Waals surface area (Å²) in [5, 5.41) is 0. The van der Waals surface area contributed by atoms with Crippen LogP contribution in [0.3, 0.4) is 0 Å². The van der Waals surface area contributed by atoms with Gasteiger partial charge in [0.05, 0.1) is 12.8 Å². The van der Waals surface area contributed by atoms with Crippen molar-refractivity contribution in [3.63, 3.8) is 0 Å². The summed E-state index contributed by atoms with van der Waals surface area (Å²) in [5.41, 5.74) is 0.336. The molecule has 0 atom stereocenters. The SMILES string of the molecule is CCCOc1cncc(C(=O)c2ccc(F)c(F)c2)c1. The molecule has 0 radical (unpaired) electrons. The molecule has 104 valence electrons. The molecule has 20 heavy (non-hydrogen) atoms. The van der Waals surface area contributed by atoms with Crippen molar-refractivity contribution in [2.24, 2.45) is 0 Å². The summed E-state index contributed by atoms with van der Waals surface area (Å²) in [4.78, 5) is 16.1. The van der Waals surface area contributed by atoms with Crippen LogP contribution in [0.15, 0.2) is 36.7 Å². The zero-order chi connectivity index (χ0) is 14.5. The molecule has 0 aliphatic rings. The molecule has 0 amide bonds. The average Bonchev–Trinajstić information content (AvgIpc) is 2.47. The number of aromatic nitrogens is 1. The van der Waals surface area contributed by atoms with Gasteiger partial charge in [-0.15, -0.1) is 0 Å². The Kier molecular flexibility index (Phi) is 4.40. The number of nitrogens with zero attached hydrogens (tertiary/aromatic N) is 1. The number of carbonyl (C=O) groups excluding carboxylic acids is 1. The van der Waals surface area contributed by atoms with Crippen molar-refractivity contribution in [3.05, 3.63) is 59.4 Å². The van der Waals surface area contributed by atoms with E-state index in [4.69, 9.17) is 4.74 Å². The third kappa shape index (κ3) is 3.17. The smallest absolute Gasteiger partial charge is 0.194 e. The number of rotatable bonds is 5. The molecule has 2 rings (SSSR count). The van der Waals surface area contributed by atoms with Crippen LogP contribution in [0.25, 0.3) is 0 Å². The summed E-state index contributed by atoms with van der Waals surface area (Å²) in [6.07, 6.45) is 3.70. The fourth-order valence-electron chi connectivity index (χ4n) is 1.65. The van der Waals surface area contributed by atoms with E-state index < -0.39 is 17.4 Å². The van der Waals surface area contributed by atoms with E-state index in [1.54, 1.807) is 0 Å². The van der Waals surface area contributed by atoms with Crippen LogP contribution in [-0.4, -0.2) is 17.4 Å². The first-order valence-corrected chi connectivity index (χ1v) is 6.19. The van der Waals surface area contributed by atoms with Crippen LogP contribution in [0.5, 0.6) is 5.75 Å². The highest BCUT2D eigenvalue weighted by atomic mass is 19.2. The zero-order valence-corrected chi connectivity index (χ0v) is 10.9. The van der Waals surface area contributed by atoms with Gasteiger partial charge in [0.15, 0.2) is 17.4 Å². The van der Waals surface area contributed by atoms with Crippen LogP contribution in [0.4, 0.5) is 8.78 Å². The van der Waals surface area contributed by atoms with Gasteiger partial charge in [-0.05, 0) is 30.7 Å². The molecule has 0 unspecified atom stereocenters. The van der Waals surface area contributed by atoms with Crippen LogP contribution in [0, 0.1) is 11.6 Å². The van der Waals surface area contributed by atoms with Crippen LogP contribution in [0.2, 0.25) is 0 Å². The van der Waals surface area contributed by atoms with Gasteiger partial charge in [-0.2, -0.15) is 0 Å². The van der Waals surface area contributed by atoms with E-state index in [0.29, 0.717) is 12.4 Å². The molecular weight excluding hydrogens is 264 g/mol. The third-order valence-corrected chi connectivity index (χ3v) is 2.63. The molecule has 1 aromatic heterocycles. The highest BCUT2D eigenvalue weighted by Crippen LogP contribution is 2.17. The Balaban J connectivity index is 2.26. The summed E-state index contributed by atoms with van der Waals surface area (Å²) in [6.45, 7) is 2.48. The predicted octanol–water partition coefficient (Wildman–Crippen LogP) is 3.38. The van der Waals surface area contributed by atoms with Gasteiger partial charge in [-0.25, -0.2) is 8.78 Å². The summed E-state index contributed by atoms with van der Waals surface area (Å²) in [5.74, 6) is -2.00. The number of hydrogen-bond acceptors (Lipinski definition) is 3. The molecule has 3 nitrogen and oxygen atoms in total. The number of ether oxygens (including phenoxy) is 1. The fraction of sp³-hybridized carbons (Fsp3) is 0.200. The van der Waals surface area contributed by atoms with Crippen molar-refractivity contribution in [2.45, 2.75) is 13.3 Å². The highest BCUT2D eigenvalue weighted by Gasteiger charge is 2.13. The van der Waals surface area contributed by atoms with Gasteiger partial charge in [0, 0.05) is 17.3 Å². The maximum Gasteiger partial charge on any atom is 0.194 e. The average molecular weight is 277 g/mol. The largest absolute Gasteiger partial charge is 0.492 e. The Labute approximate surface area is 115 Å². The van der Waals surface area contributed by atoms with Crippen molar-refractivity contribution in [1.29, 1.82) is 0 Å². The van der Waals surface area contributed by atoms with E-state index in [-0.39, 0.29) is 11.1 Å². The number of pyridine rings is 1. The van der Waals surface area contributed by atoms with Gasteiger partial charge in [0.25, 0.3) is 0 Å². The van der Waals surface area contributed by atoms with Crippen molar-refractivity contribution in [1.82, 2.24) is 4.98 Å². The summed E-state index contributed by atoms with van der Waals surface area (Å²) >= 11 is 0. The minimum Gasteiger partial charge on any atom is -0.492 e. The van der Waals surface area contributed by atoms with Gasteiger partial charge in [-0.1, -0.05) is 6.92 Å². The Morgan fingerprint density at radius 3 is 2.65 bits per heavy atom. The molecule has 5 heteroatoms. The van der Waals surface area contributed by atoms with Gasteiger partial charge in [0.1, 0.15) is 5.75 Å². The van der Waals surface area contributed by atoms with Gasteiger partial charge >= 0.3 is 0 Å². The lowest BCUT2D eigenvalue weighted by molar-refractivity contribution is 0.103. The minimum absolute atomic E-state index is 0.0679. The van der Waals surface area contributed by atoms with Crippen LogP contribution >= 0.6 is 0 Å². The molecular formula is C15H13F2NO2. The standard InChI is InChI=1S/C15H13F2NO2/c1-2-5-20-12-6-11(8-18-9-12)15(19)10-3-4-13(16)14(17)7-10/h3-4,6-9H,2,5H2,1H3. The maximum atomic E-state index is 13.1. The topological polar surface area (TPSA) is 39.2 Å². The zero-order valence-electron chi connectivity index (χ0n) is 10.9. The third-order valence-electron chi connectivity index (χ3n) is 2.63. The molecule has 2 aromatic rings. The number of ketones is 1. The van der Waals surface area contributed by atoms with E-state index in [9.17, 15) is 13.6 Å². The highest BCUT2D eigenvalue weighted by molar-refractivity contribution is 6.08. The normalized spacial score (nSPS) is 10.3. The first-order valence-electron chi connectivity index (χ1n) is 6.19. The quantitative estimate of drug-likeness (QED) is 0.786. The van der Waals surface area contributed by atoms with Crippen molar-refractivity contribution < 1.29 is 18.3 Å². The van der Waals surface area contributed by atoms with Crippen molar-refractivity contribution in [2.75, 3.05) is 6.61 Å². The maximum absolute atomic E-state index is 13.1. The Morgan fingerprint density at radius 2 is 1.95 bits per heavy atom. The van der Waals surface area contributed by atoms with Crippen molar-refractivity contribution in [3.8, 4) is 5.75 Å². The van der Waals surface area contributed by atoms with Gasteiger partial charge in [0.2, 0.25) is 0 Å². The lowest BCUT2D eigenvalue weighted by Gasteiger charge is -2.06. The molecule has 1 heterocycles. The van der Waals surface area contributed by atoms with Crippen LogP contribution in [0.1, 0.15) is 29.3 Å². The number of halogens is 2. The predicted molar refractivity (Wildman–Crippen MR) is 69.8 cm³/mol. The van der Waals surface area contributed by atoms with Crippen LogP contribution < -0.4 is 4.74 Å². The summed E-state index contributed by atoms with van der Waals surface area (Å²) in [7, 11) is 0. The molecule has 0 aliphatic heterocycles. The summed E-state index contributed by atoms with van der Waals surface area (Å²) in [6, 6.07) is 4.57. The van der Waals surface area contributed by atoms with Gasteiger partial charge in [-0.3, -0.25) is 9.78 Å². The molecule has 0 N–H and O–H groups in total. The Bertz CT molecular complexity index is 629.